The third kappa shape index (κ3) is 3.59. The minimum absolute atomic E-state index is 0.133. The van der Waals surface area contributed by atoms with Crippen molar-refractivity contribution in [3.8, 4) is 0 Å². The van der Waals surface area contributed by atoms with E-state index in [0.717, 1.165) is 42.9 Å². The Morgan fingerprint density at radius 3 is 2.36 bits per heavy atom. The first kappa shape index (κ1) is 21.2. The summed E-state index contributed by atoms with van der Waals surface area (Å²) >= 11 is 0. The highest BCUT2D eigenvalue weighted by atomic mass is 16.3. The van der Waals surface area contributed by atoms with Gasteiger partial charge in [0.05, 0.1) is 11.7 Å². The lowest BCUT2D eigenvalue weighted by molar-refractivity contribution is -0.174. The molecule has 2 heteroatoms. The van der Waals surface area contributed by atoms with Crippen molar-refractivity contribution in [1.82, 2.24) is 0 Å². The van der Waals surface area contributed by atoms with Gasteiger partial charge >= 0.3 is 0 Å². The minimum Gasteiger partial charge on any atom is -0.392 e. The van der Waals surface area contributed by atoms with E-state index in [1.165, 1.54) is 64.2 Å². The van der Waals surface area contributed by atoms with Gasteiger partial charge in [-0.05, 0) is 118 Å². The van der Waals surface area contributed by atoms with E-state index in [2.05, 4.69) is 13.8 Å². The molecule has 0 saturated heterocycles. The molecule has 2 N–H and O–H groups in total. The first-order valence-corrected chi connectivity index (χ1v) is 12.6. The Labute approximate surface area is 173 Å². The fourth-order valence-corrected chi connectivity index (χ4v) is 8.74. The maximum absolute atomic E-state index is 11.5. The maximum Gasteiger partial charge on any atom is 0.0624 e. The van der Waals surface area contributed by atoms with Crippen molar-refractivity contribution in [2.45, 2.75) is 123 Å². The van der Waals surface area contributed by atoms with Gasteiger partial charge in [0.25, 0.3) is 0 Å². The van der Waals surface area contributed by atoms with Crippen LogP contribution in [-0.4, -0.2) is 21.9 Å². The van der Waals surface area contributed by atoms with E-state index in [1.807, 2.05) is 13.8 Å². The molecule has 4 aliphatic rings. The van der Waals surface area contributed by atoms with Crippen LogP contribution in [0.4, 0.5) is 0 Å². The number of fused-ring (bicyclic) bond motifs is 5. The van der Waals surface area contributed by atoms with Crippen LogP contribution in [-0.2, 0) is 0 Å². The highest BCUT2D eigenvalue weighted by molar-refractivity contribution is 5.08. The second kappa shape index (κ2) is 7.56. The van der Waals surface area contributed by atoms with Crippen molar-refractivity contribution in [2.24, 2.45) is 40.4 Å². The zero-order chi connectivity index (χ0) is 20.2. The van der Waals surface area contributed by atoms with E-state index in [-0.39, 0.29) is 11.5 Å². The molecule has 0 amide bonds. The molecule has 0 aliphatic heterocycles. The van der Waals surface area contributed by atoms with E-state index in [4.69, 9.17) is 0 Å². The molecule has 4 rings (SSSR count). The van der Waals surface area contributed by atoms with E-state index < -0.39 is 5.60 Å². The molecule has 2 nitrogen and oxygen atoms in total. The number of aliphatic hydroxyl groups is 2. The smallest absolute Gasteiger partial charge is 0.0624 e. The zero-order valence-electron chi connectivity index (χ0n) is 19.1. The summed E-state index contributed by atoms with van der Waals surface area (Å²) in [4.78, 5) is 0. The Morgan fingerprint density at radius 2 is 1.61 bits per heavy atom. The van der Waals surface area contributed by atoms with Crippen LogP contribution in [0.1, 0.15) is 111 Å². The van der Waals surface area contributed by atoms with Crippen molar-refractivity contribution in [1.29, 1.82) is 0 Å². The van der Waals surface area contributed by atoms with Crippen molar-refractivity contribution < 1.29 is 10.2 Å². The molecule has 0 spiro atoms. The SMILES string of the molecule is CC(C)(O)CCC[C@H]1CC[C@@H]2[C@@H]3CC[C@H]4CCCC[C@@]4(C)[C@H]3CC[C@@]2(C)[C@H]1O. The van der Waals surface area contributed by atoms with E-state index in [9.17, 15) is 10.2 Å². The molecule has 0 bridgehead atoms. The topological polar surface area (TPSA) is 40.5 Å². The summed E-state index contributed by atoms with van der Waals surface area (Å²) in [5, 5.41) is 21.5. The molecule has 0 aromatic heterocycles. The normalized spacial score (nSPS) is 49.1. The Hall–Kier alpha value is -0.0800. The monoisotopic (exact) mass is 390 g/mol. The lowest BCUT2D eigenvalue weighted by atomic mass is 9.42. The third-order valence-corrected chi connectivity index (χ3v) is 10.4. The largest absolute Gasteiger partial charge is 0.392 e. The lowest BCUT2D eigenvalue weighted by Gasteiger charge is -2.63. The van der Waals surface area contributed by atoms with Gasteiger partial charge < -0.3 is 10.2 Å². The molecule has 0 aromatic rings. The molecule has 8 atom stereocenters. The molecule has 0 radical (unpaired) electrons. The average molecular weight is 391 g/mol. The molecule has 4 fully saturated rings. The fraction of sp³-hybridized carbons (Fsp3) is 1.00. The summed E-state index contributed by atoms with van der Waals surface area (Å²) < 4.78 is 0. The second-order valence-corrected chi connectivity index (χ2v) is 12.4. The van der Waals surface area contributed by atoms with Crippen LogP contribution in [0, 0.1) is 40.4 Å². The summed E-state index contributed by atoms with van der Waals surface area (Å²) in [6.07, 6.45) is 16.7. The average Bonchev–Trinajstić information content (AvgIpc) is 2.62. The van der Waals surface area contributed by atoms with E-state index >= 15 is 0 Å². The number of rotatable bonds is 4. The van der Waals surface area contributed by atoms with Crippen LogP contribution in [0.3, 0.4) is 0 Å². The summed E-state index contributed by atoms with van der Waals surface area (Å²) in [7, 11) is 0. The van der Waals surface area contributed by atoms with Gasteiger partial charge in [-0.1, -0.05) is 33.1 Å². The highest BCUT2D eigenvalue weighted by Crippen LogP contribution is 2.66. The Kier molecular flexibility index (Phi) is 5.71. The Morgan fingerprint density at radius 1 is 0.857 bits per heavy atom. The van der Waals surface area contributed by atoms with Crippen LogP contribution in [0.5, 0.6) is 0 Å². The molecule has 4 saturated carbocycles. The molecule has 0 unspecified atom stereocenters. The fourth-order valence-electron chi connectivity index (χ4n) is 8.74. The van der Waals surface area contributed by atoms with Crippen molar-refractivity contribution in [3.05, 3.63) is 0 Å². The molecule has 162 valence electrons. The van der Waals surface area contributed by atoms with Crippen molar-refractivity contribution in [3.63, 3.8) is 0 Å². The van der Waals surface area contributed by atoms with Crippen LogP contribution in [0.25, 0.3) is 0 Å². The quantitative estimate of drug-likeness (QED) is 0.588. The molecular formula is C26H46O2. The number of aliphatic hydroxyl groups excluding tert-OH is 1. The molecule has 0 aromatic carbocycles. The minimum atomic E-state index is -0.571. The summed E-state index contributed by atoms with van der Waals surface area (Å²) in [5.41, 5.74) is 0.159. The van der Waals surface area contributed by atoms with Gasteiger partial charge in [-0.15, -0.1) is 0 Å². The van der Waals surface area contributed by atoms with Gasteiger partial charge in [0.1, 0.15) is 0 Å². The van der Waals surface area contributed by atoms with Crippen LogP contribution < -0.4 is 0 Å². The second-order valence-electron chi connectivity index (χ2n) is 12.4. The molecular weight excluding hydrogens is 344 g/mol. The number of hydrogen-bond donors (Lipinski definition) is 2. The summed E-state index contributed by atoms with van der Waals surface area (Å²) in [5.74, 6) is 3.96. The lowest BCUT2D eigenvalue weighted by Crippen LogP contribution is -2.58. The van der Waals surface area contributed by atoms with Crippen LogP contribution in [0.15, 0.2) is 0 Å². The Balaban J connectivity index is 1.46. The highest BCUT2D eigenvalue weighted by Gasteiger charge is 2.59. The first-order valence-electron chi connectivity index (χ1n) is 12.6. The third-order valence-electron chi connectivity index (χ3n) is 10.4. The van der Waals surface area contributed by atoms with Crippen molar-refractivity contribution in [2.75, 3.05) is 0 Å². The number of hydrogen-bond acceptors (Lipinski definition) is 2. The van der Waals surface area contributed by atoms with Gasteiger partial charge in [0, 0.05) is 0 Å². The van der Waals surface area contributed by atoms with Gasteiger partial charge in [-0.2, -0.15) is 0 Å². The van der Waals surface area contributed by atoms with E-state index in [0.29, 0.717) is 11.3 Å². The molecule has 4 aliphatic carbocycles. The van der Waals surface area contributed by atoms with Gasteiger partial charge in [-0.25, -0.2) is 0 Å². The standard InChI is InChI=1S/C26H46O2/c1-24(2,28)15-7-8-18-10-13-21-20-12-11-19-9-5-6-16-25(19,3)22(20)14-17-26(21,4)23(18)27/h18-23,27-28H,5-17H2,1-4H3/t18-,19+,20-,21+,22-,23-,25+,26+/m0/s1. The summed E-state index contributed by atoms with van der Waals surface area (Å²) in [6.45, 7) is 8.90. The first-order chi connectivity index (χ1) is 13.2. The molecule has 28 heavy (non-hydrogen) atoms. The van der Waals surface area contributed by atoms with E-state index in [1.54, 1.807) is 0 Å². The summed E-state index contributed by atoms with van der Waals surface area (Å²) in [6, 6.07) is 0. The predicted molar refractivity (Wildman–Crippen MR) is 116 cm³/mol. The van der Waals surface area contributed by atoms with Crippen LogP contribution >= 0.6 is 0 Å². The van der Waals surface area contributed by atoms with Crippen LogP contribution in [0.2, 0.25) is 0 Å². The molecule has 0 heterocycles. The van der Waals surface area contributed by atoms with Gasteiger partial charge in [-0.3, -0.25) is 0 Å². The maximum atomic E-state index is 11.5. The zero-order valence-corrected chi connectivity index (χ0v) is 19.1. The van der Waals surface area contributed by atoms with Gasteiger partial charge in [0.2, 0.25) is 0 Å². The van der Waals surface area contributed by atoms with Gasteiger partial charge in [0.15, 0.2) is 0 Å². The van der Waals surface area contributed by atoms with Crippen molar-refractivity contribution >= 4 is 0 Å². The Bertz CT molecular complexity index is 551. The predicted octanol–water partition coefficient (Wildman–Crippen LogP) is 6.34.